The molecule has 1 aliphatic heterocycles. The van der Waals surface area contributed by atoms with E-state index in [1.807, 2.05) is 13.8 Å². The second kappa shape index (κ2) is 6.05. The molecule has 2 saturated carbocycles. The first-order valence-electron chi connectivity index (χ1n) is 11.3. The number of hydrogen-bond donors (Lipinski definition) is 0. The number of esters is 2. The molecule has 2 spiro atoms. The van der Waals surface area contributed by atoms with Crippen molar-refractivity contribution in [3.8, 4) is 0 Å². The lowest BCUT2D eigenvalue weighted by molar-refractivity contribution is -0.161. The van der Waals surface area contributed by atoms with Gasteiger partial charge in [-0.05, 0) is 72.8 Å². The molecule has 1 saturated heterocycles. The largest absolute Gasteiger partial charge is 0.464 e. The van der Waals surface area contributed by atoms with E-state index in [0.717, 1.165) is 25.7 Å². The normalized spacial score (nSPS) is 35.4. The number of rotatable bonds is 4. The smallest absolute Gasteiger partial charge is 0.335 e. The van der Waals surface area contributed by atoms with E-state index in [1.165, 1.54) is 11.1 Å². The van der Waals surface area contributed by atoms with Crippen LogP contribution < -0.4 is 0 Å². The van der Waals surface area contributed by atoms with Gasteiger partial charge in [0, 0.05) is 0 Å². The van der Waals surface area contributed by atoms with Crippen LogP contribution in [0.3, 0.4) is 0 Å². The number of carbonyl (C=O) groups is 2. The molecule has 162 valence electrons. The molecule has 0 amide bonds. The highest BCUT2D eigenvalue weighted by Gasteiger charge is 2.97. The molecule has 0 radical (unpaired) electrons. The molecule has 1 aromatic rings. The van der Waals surface area contributed by atoms with Crippen molar-refractivity contribution in [1.82, 2.24) is 0 Å². The van der Waals surface area contributed by atoms with E-state index in [9.17, 15) is 9.59 Å². The van der Waals surface area contributed by atoms with E-state index >= 15 is 0 Å². The van der Waals surface area contributed by atoms with E-state index < -0.39 is 21.4 Å². The fourth-order valence-electron chi connectivity index (χ4n) is 8.11. The van der Waals surface area contributed by atoms with E-state index in [1.54, 1.807) is 11.8 Å². The van der Waals surface area contributed by atoms with Gasteiger partial charge in [-0.15, -0.1) is 11.8 Å². The maximum atomic E-state index is 13.5. The Balaban J connectivity index is 1.73. The van der Waals surface area contributed by atoms with E-state index in [0.29, 0.717) is 5.92 Å². The van der Waals surface area contributed by atoms with Crippen molar-refractivity contribution in [2.75, 3.05) is 13.2 Å². The van der Waals surface area contributed by atoms with Gasteiger partial charge >= 0.3 is 11.9 Å². The van der Waals surface area contributed by atoms with Crippen LogP contribution in [0.1, 0.15) is 58.6 Å². The highest BCUT2D eigenvalue weighted by molar-refractivity contribution is 8.11. The summed E-state index contributed by atoms with van der Waals surface area (Å²) >= 11 is 1.57. The average Bonchev–Trinajstić information content (AvgIpc) is 3.16. The molecule has 0 N–H and O–H groups in total. The predicted molar refractivity (Wildman–Crippen MR) is 117 cm³/mol. The van der Waals surface area contributed by atoms with Gasteiger partial charge in [-0.2, -0.15) is 0 Å². The summed E-state index contributed by atoms with van der Waals surface area (Å²) in [4.78, 5) is 27.0. The Morgan fingerprint density at radius 3 is 2.03 bits per heavy atom. The molecular formula is C25H32O4S. The van der Waals surface area contributed by atoms with E-state index in [-0.39, 0.29) is 29.5 Å². The van der Waals surface area contributed by atoms with Gasteiger partial charge in [0.15, 0.2) is 0 Å². The first kappa shape index (κ1) is 20.4. The third-order valence-corrected chi connectivity index (χ3v) is 11.6. The van der Waals surface area contributed by atoms with Gasteiger partial charge in [-0.1, -0.05) is 45.0 Å². The maximum Gasteiger partial charge on any atom is 0.335 e. The van der Waals surface area contributed by atoms with Crippen molar-refractivity contribution in [3.05, 3.63) is 35.4 Å². The number of carbonyl (C=O) groups excluding carboxylic acids is 2. The first-order chi connectivity index (χ1) is 14.2. The summed E-state index contributed by atoms with van der Waals surface area (Å²) in [5, 5.41) is 0. The quantitative estimate of drug-likeness (QED) is 0.399. The predicted octanol–water partition coefficient (Wildman–Crippen LogP) is 4.58. The Morgan fingerprint density at radius 1 is 1.00 bits per heavy atom. The zero-order valence-electron chi connectivity index (χ0n) is 18.7. The molecule has 1 aromatic carbocycles. The lowest BCUT2D eigenvalue weighted by atomic mass is 9.55. The number of thioether (sulfide) groups is 1. The first-order valence-corrected chi connectivity index (χ1v) is 12.1. The fraction of sp³-hybridized carbons (Fsp3) is 0.680. The summed E-state index contributed by atoms with van der Waals surface area (Å²) in [5.41, 5.74) is 2.51. The summed E-state index contributed by atoms with van der Waals surface area (Å²) in [5.74, 6) is -0.331. The summed E-state index contributed by atoms with van der Waals surface area (Å²) in [6.45, 7) is 11.2. The van der Waals surface area contributed by atoms with Crippen molar-refractivity contribution in [2.45, 2.75) is 69.8 Å². The average molecular weight is 429 g/mol. The third kappa shape index (κ3) is 1.89. The molecule has 5 rings (SSSR count). The Kier molecular flexibility index (Phi) is 4.12. The minimum atomic E-state index is -1.25. The molecule has 2 bridgehead atoms. The van der Waals surface area contributed by atoms with Gasteiger partial charge in [0.1, 0.15) is 0 Å². The summed E-state index contributed by atoms with van der Waals surface area (Å²) in [6, 6.07) is 8.66. The molecular weight excluding hydrogens is 396 g/mol. The molecule has 0 aromatic heterocycles. The van der Waals surface area contributed by atoms with Gasteiger partial charge in [-0.25, -0.2) is 9.59 Å². The number of fused-ring (bicyclic) bond motifs is 6. The molecule has 5 heteroatoms. The molecule has 3 fully saturated rings. The van der Waals surface area contributed by atoms with Crippen LogP contribution in [0, 0.1) is 22.2 Å². The standard InChI is InChI=1S/C25H32O4S/c1-6-28-19(26)24(20(27)29-7-2)25(30-24)22(5)13-12-18(21(22,3)4)23(25)14-16-10-8-9-11-17(16)15-23/h8-11,18H,6-7,12-15H2,1-5H3/t18-,22-,25?/m1/s1. The van der Waals surface area contributed by atoms with Crippen molar-refractivity contribution >= 4 is 23.7 Å². The molecule has 3 aliphatic carbocycles. The summed E-state index contributed by atoms with van der Waals surface area (Å²) in [7, 11) is 0. The highest BCUT2D eigenvalue weighted by atomic mass is 32.2. The highest BCUT2D eigenvalue weighted by Crippen LogP contribution is 2.93. The summed E-state index contributed by atoms with van der Waals surface area (Å²) < 4.78 is 9.39. The van der Waals surface area contributed by atoms with Crippen molar-refractivity contribution < 1.29 is 19.1 Å². The fourth-order valence-corrected chi connectivity index (χ4v) is 10.5. The Morgan fingerprint density at radius 2 is 1.53 bits per heavy atom. The van der Waals surface area contributed by atoms with Crippen LogP contribution >= 0.6 is 11.8 Å². The van der Waals surface area contributed by atoms with Gasteiger partial charge in [0.25, 0.3) is 0 Å². The van der Waals surface area contributed by atoms with Crippen LogP contribution in [0.5, 0.6) is 0 Å². The van der Waals surface area contributed by atoms with Crippen LogP contribution in [-0.4, -0.2) is 34.6 Å². The van der Waals surface area contributed by atoms with Crippen LogP contribution in [0.15, 0.2) is 24.3 Å². The molecule has 30 heavy (non-hydrogen) atoms. The zero-order valence-corrected chi connectivity index (χ0v) is 19.5. The van der Waals surface area contributed by atoms with Gasteiger partial charge in [0.05, 0.1) is 18.0 Å². The topological polar surface area (TPSA) is 52.6 Å². The molecule has 4 aliphatic rings. The maximum absolute atomic E-state index is 13.5. The number of ether oxygens (including phenoxy) is 2. The monoisotopic (exact) mass is 428 g/mol. The SMILES string of the molecule is CCOC(=O)C1(C(=O)OCC)SC12C1(Cc3ccccc3C1)[C@@H]1CC[C@]2(C)C1(C)C. The number of benzene rings is 1. The van der Waals surface area contributed by atoms with Gasteiger partial charge in [0.2, 0.25) is 4.75 Å². The second-order valence-corrected chi connectivity index (χ2v) is 11.8. The lowest BCUT2D eigenvalue weighted by Crippen LogP contribution is -2.58. The molecule has 3 atom stereocenters. The zero-order chi connectivity index (χ0) is 21.6. The Bertz CT molecular complexity index is 894. The Labute approximate surface area is 183 Å². The van der Waals surface area contributed by atoms with Crippen LogP contribution in [0.2, 0.25) is 0 Å². The minimum Gasteiger partial charge on any atom is -0.464 e. The summed E-state index contributed by atoms with van der Waals surface area (Å²) in [6.07, 6.45) is 4.05. The molecule has 1 heterocycles. The van der Waals surface area contributed by atoms with Crippen LogP contribution in [0.25, 0.3) is 0 Å². The van der Waals surface area contributed by atoms with Gasteiger partial charge < -0.3 is 9.47 Å². The van der Waals surface area contributed by atoms with E-state index in [4.69, 9.17) is 9.47 Å². The van der Waals surface area contributed by atoms with Gasteiger partial charge in [-0.3, -0.25) is 0 Å². The Hall–Kier alpha value is -1.49. The molecule has 1 unspecified atom stereocenters. The van der Waals surface area contributed by atoms with Crippen molar-refractivity contribution in [1.29, 1.82) is 0 Å². The minimum absolute atomic E-state index is 0.0305. The molecule has 4 nitrogen and oxygen atoms in total. The van der Waals surface area contributed by atoms with Crippen molar-refractivity contribution in [3.63, 3.8) is 0 Å². The van der Waals surface area contributed by atoms with Crippen LogP contribution in [0.4, 0.5) is 0 Å². The van der Waals surface area contributed by atoms with Crippen LogP contribution in [-0.2, 0) is 31.9 Å². The second-order valence-electron chi connectivity index (χ2n) is 10.3. The number of hydrogen-bond acceptors (Lipinski definition) is 5. The van der Waals surface area contributed by atoms with Crippen molar-refractivity contribution in [2.24, 2.45) is 22.2 Å². The third-order valence-electron chi connectivity index (χ3n) is 9.39. The van der Waals surface area contributed by atoms with E-state index in [2.05, 4.69) is 45.0 Å². The lowest BCUT2D eigenvalue weighted by Gasteiger charge is -2.46.